The van der Waals surface area contributed by atoms with Gasteiger partial charge >= 0.3 is 19.4 Å². The molecule has 1 unspecified atom stereocenters. The van der Waals surface area contributed by atoms with Crippen molar-refractivity contribution in [3.63, 3.8) is 0 Å². The number of halogens is 1. The van der Waals surface area contributed by atoms with Gasteiger partial charge in [0, 0.05) is 12.3 Å². The molecule has 0 amide bonds. The van der Waals surface area contributed by atoms with Crippen LogP contribution in [0, 0.1) is 0 Å². The van der Waals surface area contributed by atoms with Crippen molar-refractivity contribution in [2.45, 2.75) is 63.9 Å². The second kappa shape index (κ2) is 11.1. The SMILES string of the molecule is CC(C)OC(=O)[C@@H](C)N[P@@](=O)(OC[C@H]1OC(n2ccc(=O)[nH]c2=O)[C@](C)(F)[C@@H]1O)Oc1ccccc1. The lowest BCUT2D eigenvalue weighted by Crippen LogP contribution is -2.43. The van der Waals surface area contributed by atoms with Gasteiger partial charge in [-0.15, -0.1) is 0 Å². The zero-order chi connectivity index (χ0) is 26.7. The van der Waals surface area contributed by atoms with Gasteiger partial charge in [0.2, 0.25) is 0 Å². The number of carbonyl (C=O) groups is 1. The number of esters is 1. The van der Waals surface area contributed by atoms with Gasteiger partial charge in [-0.05, 0) is 39.8 Å². The van der Waals surface area contributed by atoms with E-state index >= 15 is 4.39 Å². The number of nitrogens with one attached hydrogen (secondary N) is 2. The summed E-state index contributed by atoms with van der Waals surface area (Å²) < 4.78 is 51.4. The molecule has 12 nitrogen and oxygen atoms in total. The Morgan fingerprint density at radius 2 is 1.94 bits per heavy atom. The number of aliphatic hydroxyl groups is 1. The summed E-state index contributed by atoms with van der Waals surface area (Å²) in [6.45, 7) is 5.07. The topological polar surface area (TPSA) is 158 Å². The zero-order valence-electron chi connectivity index (χ0n) is 20.1. The Hall–Kier alpha value is -2.83. The van der Waals surface area contributed by atoms with Gasteiger partial charge in [-0.25, -0.2) is 13.8 Å². The number of nitrogens with zero attached hydrogens (tertiary/aromatic N) is 1. The fourth-order valence-electron chi connectivity index (χ4n) is 3.47. The van der Waals surface area contributed by atoms with Gasteiger partial charge < -0.3 is 19.1 Å². The van der Waals surface area contributed by atoms with Crippen LogP contribution in [0.2, 0.25) is 0 Å². The normalized spacial score (nSPS) is 26.4. The predicted octanol–water partition coefficient (Wildman–Crippen LogP) is 1.66. The molecule has 3 N–H and O–H groups in total. The Morgan fingerprint density at radius 3 is 2.56 bits per heavy atom. The molecule has 3 rings (SSSR count). The first-order valence-electron chi connectivity index (χ1n) is 11.1. The van der Waals surface area contributed by atoms with Gasteiger partial charge in [-0.1, -0.05) is 18.2 Å². The first kappa shape index (κ1) is 27.8. The van der Waals surface area contributed by atoms with E-state index in [0.29, 0.717) is 0 Å². The number of ether oxygens (including phenoxy) is 2. The maximum absolute atomic E-state index is 15.4. The summed E-state index contributed by atoms with van der Waals surface area (Å²) in [5, 5.41) is 13.0. The minimum atomic E-state index is -4.30. The van der Waals surface area contributed by atoms with Crippen molar-refractivity contribution in [1.29, 1.82) is 0 Å². The van der Waals surface area contributed by atoms with Crippen LogP contribution in [0.5, 0.6) is 5.75 Å². The van der Waals surface area contributed by atoms with Gasteiger partial charge in [-0.2, -0.15) is 5.09 Å². The fourth-order valence-corrected chi connectivity index (χ4v) is 4.97. The highest BCUT2D eigenvalue weighted by molar-refractivity contribution is 7.52. The molecule has 1 aliphatic rings. The molecule has 198 valence electrons. The van der Waals surface area contributed by atoms with E-state index in [9.17, 15) is 24.1 Å². The summed E-state index contributed by atoms with van der Waals surface area (Å²) in [6, 6.07) is 7.86. The first-order chi connectivity index (χ1) is 16.8. The Kier molecular flexibility index (Phi) is 8.52. The molecule has 14 heteroatoms. The molecule has 2 heterocycles. The van der Waals surface area contributed by atoms with Crippen molar-refractivity contribution >= 4 is 13.7 Å². The third kappa shape index (κ3) is 6.48. The Morgan fingerprint density at radius 1 is 1.28 bits per heavy atom. The summed E-state index contributed by atoms with van der Waals surface area (Å²) in [6.07, 6.45) is -4.21. The number of benzene rings is 1. The average Bonchev–Trinajstić information content (AvgIpc) is 3.01. The predicted molar refractivity (Wildman–Crippen MR) is 125 cm³/mol. The highest BCUT2D eigenvalue weighted by atomic mass is 31.2. The van der Waals surface area contributed by atoms with E-state index in [2.05, 4.69) is 5.09 Å². The zero-order valence-corrected chi connectivity index (χ0v) is 21.0. The van der Waals surface area contributed by atoms with Crippen molar-refractivity contribution < 1.29 is 37.4 Å². The van der Waals surface area contributed by atoms with E-state index in [1.807, 2.05) is 4.98 Å². The summed E-state index contributed by atoms with van der Waals surface area (Å²) in [5.74, 6) is -0.560. The number of rotatable bonds is 10. The second-order valence-electron chi connectivity index (χ2n) is 8.67. The molecule has 1 fully saturated rings. The van der Waals surface area contributed by atoms with Crippen LogP contribution in [-0.2, 0) is 23.4 Å². The molecule has 0 spiro atoms. The monoisotopic (exact) mass is 529 g/mol. The first-order valence-corrected chi connectivity index (χ1v) is 12.7. The highest BCUT2D eigenvalue weighted by Crippen LogP contribution is 2.47. The molecule has 6 atom stereocenters. The Labute approximate surface area is 205 Å². The molecule has 0 radical (unpaired) electrons. The van der Waals surface area contributed by atoms with E-state index in [0.717, 1.165) is 23.8 Å². The number of alkyl halides is 1. The van der Waals surface area contributed by atoms with Crippen LogP contribution in [0.15, 0.2) is 52.2 Å². The van der Waals surface area contributed by atoms with Crippen molar-refractivity contribution in [1.82, 2.24) is 14.6 Å². The molecule has 1 aromatic heterocycles. The number of carbonyl (C=O) groups excluding carboxylic acids is 1. The van der Waals surface area contributed by atoms with Crippen LogP contribution in [0.25, 0.3) is 0 Å². The Balaban J connectivity index is 1.80. The van der Waals surface area contributed by atoms with Crippen LogP contribution in [0.4, 0.5) is 4.39 Å². The van der Waals surface area contributed by atoms with Crippen molar-refractivity contribution in [3.8, 4) is 5.75 Å². The van der Waals surface area contributed by atoms with E-state index in [4.69, 9.17) is 18.5 Å². The summed E-state index contributed by atoms with van der Waals surface area (Å²) >= 11 is 0. The minimum absolute atomic E-state index is 0.152. The smallest absolute Gasteiger partial charge is 0.459 e. The van der Waals surface area contributed by atoms with Crippen molar-refractivity contribution in [3.05, 3.63) is 63.4 Å². The summed E-state index contributed by atoms with van der Waals surface area (Å²) in [5.41, 5.74) is -4.12. The lowest BCUT2D eigenvalue weighted by atomic mass is 9.98. The summed E-state index contributed by atoms with van der Waals surface area (Å²) in [4.78, 5) is 37.7. The number of para-hydroxylation sites is 1. The number of aliphatic hydroxyl groups excluding tert-OH is 1. The van der Waals surface area contributed by atoms with Crippen molar-refractivity contribution in [2.24, 2.45) is 0 Å². The van der Waals surface area contributed by atoms with Gasteiger partial charge in [0.15, 0.2) is 11.9 Å². The lowest BCUT2D eigenvalue weighted by Gasteiger charge is -2.25. The third-order valence-electron chi connectivity index (χ3n) is 5.26. The number of hydrogen-bond donors (Lipinski definition) is 3. The molecular formula is C22H29FN3O9P. The molecule has 2 aromatic rings. The van der Waals surface area contributed by atoms with Crippen LogP contribution >= 0.6 is 7.75 Å². The van der Waals surface area contributed by atoms with Crippen LogP contribution in [0.1, 0.15) is 33.9 Å². The highest BCUT2D eigenvalue weighted by Gasteiger charge is 2.55. The van der Waals surface area contributed by atoms with E-state index in [1.165, 1.54) is 19.1 Å². The summed E-state index contributed by atoms with van der Waals surface area (Å²) in [7, 11) is -4.30. The molecule has 36 heavy (non-hydrogen) atoms. The molecule has 1 saturated heterocycles. The van der Waals surface area contributed by atoms with Crippen LogP contribution in [0.3, 0.4) is 0 Å². The Bertz CT molecular complexity index is 1220. The second-order valence-corrected chi connectivity index (χ2v) is 10.4. The number of hydrogen-bond acceptors (Lipinski definition) is 9. The quantitative estimate of drug-likeness (QED) is 0.305. The van der Waals surface area contributed by atoms with E-state index in [-0.39, 0.29) is 5.75 Å². The largest absolute Gasteiger partial charge is 0.462 e. The molecule has 0 aliphatic carbocycles. The minimum Gasteiger partial charge on any atom is -0.462 e. The molecule has 0 bridgehead atoms. The van der Waals surface area contributed by atoms with Crippen LogP contribution in [-0.4, -0.2) is 57.3 Å². The standard InChI is InChI=1S/C22H29FN3O9P/c1-13(2)33-19(29)14(3)25-36(31,35-15-8-6-5-7-9-15)32-12-16-18(28)22(4,23)20(34-16)26-11-10-17(27)24-21(26)30/h5-11,13-14,16,18,20,28H,12H2,1-4H3,(H,25,31)(H,24,27,30)/t14-,16-,18-,20?,22-,36-/m1/s1. The molecule has 1 aliphatic heterocycles. The fraction of sp³-hybridized carbons (Fsp3) is 0.500. The average molecular weight is 529 g/mol. The van der Waals surface area contributed by atoms with Gasteiger partial charge in [0.25, 0.3) is 5.56 Å². The lowest BCUT2D eigenvalue weighted by molar-refractivity contribution is -0.149. The van der Waals surface area contributed by atoms with Gasteiger partial charge in [-0.3, -0.25) is 23.7 Å². The van der Waals surface area contributed by atoms with Crippen molar-refractivity contribution in [2.75, 3.05) is 6.61 Å². The maximum atomic E-state index is 15.4. The van der Waals surface area contributed by atoms with Gasteiger partial charge in [0.05, 0.1) is 12.7 Å². The molecular weight excluding hydrogens is 500 g/mol. The number of H-pyrrole nitrogens is 1. The third-order valence-corrected chi connectivity index (χ3v) is 6.90. The van der Waals surface area contributed by atoms with E-state index in [1.54, 1.807) is 32.0 Å². The van der Waals surface area contributed by atoms with Gasteiger partial charge in [0.1, 0.15) is 24.0 Å². The number of aromatic amines is 1. The van der Waals surface area contributed by atoms with E-state index < -0.39 is 67.8 Å². The maximum Gasteiger partial charge on any atom is 0.459 e. The molecule has 1 aromatic carbocycles. The number of aromatic nitrogens is 2. The molecule has 0 saturated carbocycles. The van der Waals surface area contributed by atoms with Crippen LogP contribution < -0.4 is 20.9 Å².